The van der Waals surface area contributed by atoms with Gasteiger partial charge in [-0.3, -0.25) is 9.98 Å². The van der Waals surface area contributed by atoms with Gasteiger partial charge in [0.25, 0.3) is 0 Å². The lowest BCUT2D eigenvalue weighted by Crippen LogP contribution is -2.39. The van der Waals surface area contributed by atoms with Gasteiger partial charge in [-0.15, -0.1) is 0 Å². The number of fused-ring (bicyclic) bond motifs is 6. The Morgan fingerprint density at radius 3 is 1.35 bits per heavy atom. The van der Waals surface area contributed by atoms with Crippen molar-refractivity contribution in [3.05, 3.63) is 82.4 Å². The Morgan fingerprint density at radius 2 is 1.00 bits per heavy atom. The van der Waals surface area contributed by atoms with Crippen LogP contribution in [0.2, 0.25) is 0 Å². The number of methoxy groups -OCH3 is 2. The summed E-state index contributed by atoms with van der Waals surface area (Å²) in [7, 11) is 3.22. The first-order valence-electron chi connectivity index (χ1n) is 20.3. The second-order valence-electron chi connectivity index (χ2n) is 14.9. The lowest BCUT2D eigenvalue weighted by molar-refractivity contribution is -0.176. The quantitative estimate of drug-likeness (QED) is 0.0618. The monoisotopic (exact) mass is 852 g/mol. The number of hydrogen-bond donors (Lipinski definition) is 0. The molecule has 4 aliphatic rings. The summed E-state index contributed by atoms with van der Waals surface area (Å²) in [6.07, 6.45) is 13.4. The molecule has 60 heavy (non-hydrogen) atoms. The number of rotatable bonds is 12. The molecule has 2 saturated carbocycles. The molecule has 2 aromatic heterocycles. The number of aliphatic imine (C=N–C) groups is 2. The van der Waals surface area contributed by atoms with E-state index in [1.54, 1.807) is 39.0 Å². The fourth-order valence-corrected chi connectivity index (χ4v) is 9.50. The van der Waals surface area contributed by atoms with E-state index in [1.165, 1.54) is 23.5 Å². The molecule has 0 bridgehead atoms. The molecule has 4 aromatic rings. The van der Waals surface area contributed by atoms with Crippen LogP contribution in [0.3, 0.4) is 0 Å². The van der Waals surface area contributed by atoms with Gasteiger partial charge in [0.2, 0.25) is 0 Å². The lowest BCUT2D eigenvalue weighted by Gasteiger charge is -2.39. The summed E-state index contributed by atoms with van der Waals surface area (Å²) in [6, 6.07) is 7.74. The zero-order chi connectivity index (χ0) is 41.9. The van der Waals surface area contributed by atoms with Crippen molar-refractivity contribution in [2.24, 2.45) is 9.98 Å². The van der Waals surface area contributed by atoms with E-state index in [1.807, 2.05) is 50.6 Å². The van der Waals surface area contributed by atoms with Crippen molar-refractivity contribution in [2.45, 2.75) is 98.8 Å². The molecule has 0 unspecified atom stereocenters. The van der Waals surface area contributed by atoms with Crippen LogP contribution in [-0.4, -0.2) is 108 Å². The Kier molecular flexibility index (Phi) is 12.6. The van der Waals surface area contributed by atoms with Gasteiger partial charge in [0, 0.05) is 58.9 Å². The average Bonchev–Trinajstić information content (AvgIpc) is 3.28. The minimum atomic E-state index is -0.988. The van der Waals surface area contributed by atoms with Crippen LogP contribution in [-0.2, 0) is 19.1 Å². The number of thioether (sulfide) groups is 2. The predicted octanol–water partition coefficient (Wildman–Crippen LogP) is 7.02. The Hall–Kier alpha value is -5.22. The number of benzene rings is 2. The third-order valence-corrected chi connectivity index (χ3v) is 12.7. The van der Waals surface area contributed by atoms with E-state index in [4.69, 9.17) is 38.4 Å². The van der Waals surface area contributed by atoms with Gasteiger partial charge < -0.3 is 28.4 Å². The van der Waals surface area contributed by atoms with E-state index in [2.05, 4.69) is 19.9 Å². The normalized spacial score (nSPS) is 22.7. The topological polar surface area (TPSA) is 166 Å². The van der Waals surface area contributed by atoms with Crippen LogP contribution >= 0.6 is 23.5 Å². The second-order valence-corrected chi connectivity index (χ2v) is 16.5. The first-order chi connectivity index (χ1) is 29.2. The van der Waals surface area contributed by atoms with Crippen LogP contribution in [0.4, 0.5) is 0 Å². The first-order valence-corrected chi connectivity index (χ1v) is 22.7. The molecular formula is C44H48N6O8S2. The Balaban J connectivity index is 0.982. The first kappa shape index (κ1) is 41.5. The second kappa shape index (κ2) is 18.2. The summed E-state index contributed by atoms with van der Waals surface area (Å²) in [6.45, 7) is 4.78. The molecule has 16 heteroatoms. The number of ether oxygens (including phenoxy) is 6. The molecule has 8 rings (SSSR count). The van der Waals surface area contributed by atoms with Crippen LogP contribution in [0.5, 0.6) is 23.0 Å². The molecule has 2 fully saturated rings. The van der Waals surface area contributed by atoms with Gasteiger partial charge in [-0.2, -0.15) is 0 Å². The van der Waals surface area contributed by atoms with Gasteiger partial charge in [-0.25, -0.2) is 29.5 Å². The zero-order valence-corrected chi connectivity index (χ0v) is 36.1. The summed E-state index contributed by atoms with van der Waals surface area (Å²) >= 11 is 2.95. The Labute approximate surface area is 357 Å². The minimum Gasteiger partial charge on any atom is -0.493 e. The maximum atomic E-state index is 13.5. The molecule has 0 N–H and O–H groups in total. The SMILES string of the molecule is CCOc1cc2c(cc1OC)C(c1cnc(SC)nc1)=N[C@@H]1CC[C@@H](OC(=O)C(=O)O[C@@H]3CC[C@H]4N=C(c5cnc(SC)nc5)c5cc(OC)c(OCC)cc5[C@H]4C3)C[C@H]21. The predicted molar refractivity (Wildman–Crippen MR) is 228 cm³/mol. The molecule has 2 aliphatic heterocycles. The van der Waals surface area contributed by atoms with Gasteiger partial charge in [0.15, 0.2) is 33.3 Å². The minimum absolute atomic E-state index is 0.0836. The summed E-state index contributed by atoms with van der Waals surface area (Å²) in [5.41, 5.74) is 6.96. The summed E-state index contributed by atoms with van der Waals surface area (Å²) < 4.78 is 35.3. The van der Waals surface area contributed by atoms with Crippen molar-refractivity contribution >= 4 is 46.9 Å². The fraction of sp³-hybridized carbons (Fsp3) is 0.455. The van der Waals surface area contributed by atoms with Crippen LogP contribution < -0.4 is 18.9 Å². The van der Waals surface area contributed by atoms with Crippen LogP contribution in [0.25, 0.3) is 0 Å². The van der Waals surface area contributed by atoms with Gasteiger partial charge in [-0.1, -0.05) is 23.5 Å². The van der Waals surface area contributed by atoms with Crippen molar-refractivity contribution in [2.75, 3.05) is 39.9 Å². The molecular weight excluding hydrogens is 805 g/mol. The smallest absolute Gasteiger partial charge is 0.417 e. The van der Waals surface area contributed by atoms with E-state index in [-0.39, 0.29) is 23.9 Å². The van der Waals surface area contributed by atoms with Crippen LogP contribution in [0.1, 0.15) is 97.6 Å². The molecule has 314 valence electrons. The van der Waals surface area contributed by atoms with Crippen molar-refractivity contribution in [1.82, 2.24) is 19.9 Å². The average molecular weight is 853 g/mol. The van der Waals surface area contributed by atoms with Gasteiger partial charge in [0.05, 0.1) is 50.9 Å². The summed E-state index contributed by atoms with van der Waals surface area (Å²) in [4.78, 5) is 55.4. The molecule has 2 aliphatic carbocycles. The molecule has 0 spiro atoms. The number of hydrogen-bond acceptors (Lipinski definition) is 16. The molecule has 6 atom stereocenters. The number of esters is 2. The Bertz CT molecular complexity index is 2150. The number of aromatic nitrogens is 4. The van der Waals surface area contributed by atoms with E-state index in [9.17, 15) is 9.59 Å². The molecule has 0 amide bonds. The van der Waals surface area contributed by atoms with Gasteiger partial charge in [-0.05, 0) is 100 Å². The van der Waals surface area contributed by atoms with Crippen molar-refractivity contribution in [1.29, 1.82) is 0 Å². The van der Waals surface area contributed by atoms with Crippen molar-refractivity contribution < 1.29 is 38.0 Å². The van der Waals surface area contributed by atoms with Crippen molar-refractivity contribution in [3.63, 3.8) is 0 Å². The number of nitrogens with zero attached hydrogens (tertiary/aromatic N) is 6. The van der Waals surface area contributed by atoms with E-state index >= 15 is 0 Å². The molecule has 0 saturated heterocycles. The Morgan fingerprint density at radius 1 is 0.600 bits per heavy atom. The largest absolute Gasteiger partial charge is 0.493 e. The van der Waals surface area contributed by atoms with Crippen molar-refractivity contribution in [3.8, 4) is 23.0 Å². The highest BCUT2D eigenvalue weighted by Gasteiger charge is 2.42. The lowest BCUT2D eigenvalue weighted by atomic mass is 9.74. The number of carbonyl (C=O) groups excluding carboxylic acids is 2. The molecule has 2 aromatic carbocycles. The fourth-order valence-electron chi connectivity index (χ4n) is 8.87. The van der Waals surface area contributed by atoms with Crippen LogP contribution in [0.15, 0.2) is 69.4 Å². The van der Waals surface area contributed by atoms with E-state index < -0.39 is 24.1 Å². The molecule has 4 heterocycles. The van der Waals surface area contributed by atoms with Gasteiger partial charge in [0.1, 0.15) is 12.2 Å². The third-order valence-electron chi connectivity index (χ3n) is 11.6. The maximum absolute atomic E-state index is 13.5. The highest BCUT2D eigenvalue weighted by atomic mass is 32.2. The molecule has 0 radical (unpaired) electrons. The van der Waals surface area contributed by atoms with E-state index in [0.717, 1.165) is 44.8 Å². The summed E-state index contributed by atoms with van der Waals surface area (Å²) in [5, 5.41) is 1.35. The highest BCUT2D eigenvalue weighted by Crippen LogP contribution is 2.47. The standard InChI is InChI=1S/C44H48N6O8S2/c1-7-55-37-15-27-29-13-25(9-11-33(29)49-39(31(27)17-35(37)53-3)23-19-45-43(59-5)46-20-23)57-41(51)42(52)58-26-10-12-34-30(14-26)28-16-38(56-8-2)36(54-4)18-32(28)40(50-34)24-21-47-44(60-6)48-22-24/h15-22,25-26,29-30,33-34H,7-14H2,1-6H3/t25-,26-,29-,30-,33-,34-/m1/s1. The zero-order valence-electron chi connectivity index (χ0n) is 34.5. The highest BCUT2D eigenvalue weighted by molar-refractivity contribution is 7.98. The third kappa shape index (κ3) is 8.27. The van der Waals surface area contributed by atoms with Gasteiger partial charge >= 0.3 is 11.9 Å². The summed E-state index contributed by atoms with van der Waals surface area (Å²) in [5.74, 6) is 0.270. The van der Waals surface area contributed by atoms with Crippen LogP contribution in [0, 0.1) is 0 Å². The van der Waals surface area contributed by atoms with E-state index in [0.29, 0.717) is 85.0 Å². The maximum Gasteiger partial charge on any atom is 0.417 e. The number of carbonyl (C=O) groups is 2. The molecule has 14 nitrogen and oxygen atoms in total.